The third-order valence-corrected chi connectivity index (χ3v) is 8.98. The topological polar surface area (TPSA) is 106 Å². The van der Waals surface area contributed by atoms with Gasteiger partial charge in [0.05, 0.1) is 15.9 Å². The third kappa shape index (κ3) is 5.84. The van der Waals surface area contributed by atoms with Crippen molar-refractivity contribution in [3.05, 3.63) is 60.5 Å². The second-order valence-electron chi connectivity index (χ2n) is 11.0. The van der Waals surface area contributed by atoms with Gasteiger partial charge in [0.2, 0.25) is 25.3 Å². The molecule has 2 N–H and O–H groups in total. The molecule has 1 aliphatic carbocycles. The van der Waals surface area contributed by atoms with Crippen LogP contribution in [0.1, 0.15) is 18.6 Å². The fourth-order valence-electron chi connectivity index (χ4n) is 5.27. The number of ether oxygens (including phenoxy) is 2. The lowest BCUT2D eigenvalue weighted by atomic mass is 10.0. The molecule has 2 fully saturated rings. The van der Waals surface area contributed by atoms with E-state index >= 15 is 0 Å². The molecule has 4 heterocycles. The van der Waals surface area contributed by atoms with E-state index in [0.29, 0.717) is 27.0 Å². The van der Waals surface area contributed by atoms with Crippen LogP contribution in [0.4, 0.5) is 47.0 Å². The zero-order valence-corrected chi connectivity index (χ0v) is 24.6. The highest BCUT2D eigenvalue weighted by Gasteiger charge is 2.67. The number of nitrogens with zero attached hydrogens (tertiary/aromatic N) is 4. The molecule has 0 bridgehead atoms. The molecular formula is C29H23F7N6O4S. The molecule has 1 aliphatic heterocycles. The number of imidazole rings is 1. The van der Waals surface area contributed by atoms with Gasteiger partial charge in [-0.2, -0.15) is 13.2 Å². The fourth-order valence-corrected chi connectivity index (χ4v) is 6.31. The molecule has 3 aromatic heterocycles. The molecule has 2 amide bonds. The Morgan fingerprint density at radius 1 is 1.02 bits per heavy atom. The van der Waals surface area contributed by atoms with Gasteiger partial charge >= 0.3 is 12.2 Å². The lowest BCUT2D eigenvalue weighted by molar-refractivity contribution is -0.292. The van der Waals surface area contributed by atoms with Gasteiger partial charge < -0.3 is 19.3 Å². The summed E-state index contributed by atoms with van der Waals surface area (Å²) >= 11 is 1.36. The summed E-state index contributed by atoms with van der Waals surface area (Å²) in [7, 11) is 0. The Labute approximate surface area is 264 Å². The van der Waals surface area contributed by atoms with Crippen molar-refractivity contribution in [1.29, 1.82) is 0 Å². The van der Waals surface area contributed by atoms with Crippen molar-refractivity contribution >= 4 is 44.1 Å². The predicted molar refractivity (Wildman–Crippen MR) is 155 cm³/mol. The molecule has 7 rings (SSSR count). The highest BCUT2D eigenvalue weighted by atomic mass is 32.1. The van der Waals surface area contributed by atoms with Crippen LogP contribution < -0.4 is 15.4 Å². The molecule has 1 saturated carbocycles. The number of amides is 2. The molecule has 2 aliphatic rings. The Kier molecular flexibility index (Phi) is 7.75. The summed E-state index contributed by atoms with van der Waals surface area (Å²) in [5, 5.41) is 8.49. The van der Waals surface area contributed by atoms with Crippen LogP contribution in [0, 0.1) is 0 Å². The first-order valence-corrected chi connectivity index (χ1v) is 15.0. The van der Waals surface area contributed by atoms with Crippen molar-refractivity contribution in [3.8, 4) is 17.0 Å². The maximum absolute atomic E-state index is 13.9. The molecule has 4 unspecified atom stereocenters. The van der Waals surface area contributed by atoms with Gasteiger partial charge in [0.1, 0.15) is 17.8 Å². The number of aromatic nitrogens is 3. The van der Waals surface area contributed by atoms with Crippen LogP contribution in [0.3, 0.4) is 0 Å². The van der Waals surface area contributed by atoms with Crippen molar-refractivity contribution < 1.29 is 49.5 Å². The number of benzene rings is 2. The van der Waals surface area contributed by atoms with Crippen molar-refractivity contribution in [2.75, 3.05) is 23.8 Å². The number of urea groups is 1. The number of carbonyl (C=O) groups is 1. The maximum Gasteiger partial charge on any atom is 0.401 e. The lowest BCUT2D eigenvalue weighted by Crippen LogP contribution is -2.56. The Morgan fingerprint density at radius 2 is 1.74 bits per heavy atom. The van der Waals surface area contributed by atoms with Gasteiger partial charge in [-0.3, -0.25) is 9.72 Å². The molecule has 2 aromatic carbocycles. The minimum absolute atomic E-state index is 0.0939. The molecule has 47 heavy (non-hydrogen) atoms. The number of halogens is 7. The van der Waals surface area contributed by atoms with Gasteiger partial charge in [0.15, 0.2) is 16.5 Å². The van der Waals surface area contributed by atoms with Crippen LogP contribution in [0.25, 0.3) is 26.4 Å². The molecule has 248 valence electrons. The minimum Gasteiger partial charge on any atom is -0.492 e. The number of rotatable bonds is 8. The standard InChI is InChI=1S/C29H23F7N6O4S/c30-22-24(32)45-25(33)23(31)41(22)9-10-44-16-5-6-18-19(11-16)47-27-38-17(13-42(18)27)14-1-3-15(4-2-14)37-26(43)39-21-12-20(46-40-21)28(7-8-28)29(34,35)36/h1-6,11-13,22-25H,7-10H2,(H2,37,39,40,43). The first-order chi connectivity index (χ1) is 22.4. The average Bonchev–Trinajstić information content (AvgIpc) is 3.38. The Balaban J connectivity index is 0.963. The second kappa shape index (κ2) is 11.7. The highest BCUT2D eigenvalue weighted by molar-refractivity contribution is 7.23. The summed E-state index contributed by atoms with van der Waals surface area (Å²) in [5.74, 6) is -0.0873. The van der Waals surface area contributed by atoms with Crippen molar-refractivity contribution in [2.45, 2.75) is 49.7 Å². The van der Waals surface area contributed by atoms with E-state index in [4.69, 9.17) is 9.26 Å². The van der Waals surface area contributed by atoms with E-state index in [0.717, 1.165) is 21.8 Å². The molecule has 1 saturated heterocycles. The lowest BCUT2D eigenvalue weighted by Gasteiger charge is -2.36. The van der Waals surface area contributed by atoms with Crippen LogP contribution in [0.5, 0.6) is 5.75 Å². The molecule has 10 nitrogen and oxygen atoms in total. The van der Waals surface area contributed by atoms with E-state index in [9.17, 15) is 35.5 Å². The zero-order chi connectivity index (χ0) is 33.1. The monoisotopic (exact) mass is 684 g/mol. The number of thiazole rings is 1. The first kappa shape index (κ1) is 31.2. The molecule has 0 spiro atoms. The van der Waals surface area contributed by atoms with E-state index in [1.165, 1.54) is 11.3 Å². The number of nitrogens with one attached hydrogen (secondary N) is 2. The number of alkyl halides is 7. The zero-order valence-electron chi connectivity index (χ0n) is 23.8. The minimum atomic E-state index is -4.46. The normalized spacial score (nSPS) is 22.9. The number of anilines is 2. The molecular weight excluding hydrogens is 661 g/mol. The van der Waals surface area contributed by atoms with Gasteiger partial charge in [-0.1, -0.05) is 28.6 Å². The van der Waals surface area contributed by atoms with Crippen LogP contribution in [-0.4, -0.2) is 70.1 Å². The van der Waals surface area contributed by atoms with E-state index in [1.807, 2.05) is 10.6 Å². The number of hydrogen-bond donors (Lipinski definition) is 2. The molecule has 0 radical (unpaired) electrons. The summed E-state index contributed by atoms with van der Waals surface area (Å²) < 4.78 is 112. The van der Waals surface area contributed by atoms with Crippen LogP contribution in [0.2, 0.25) is 0 Å². The summed E-state index contributed by atoms with van der Waals surface area (Å²) in [4.78, 5) is 18.1. The van der Waals surface area contributed by atoms with Gasteiger partial charge in [-0.15, -0.1) is 0 Å². The van der Waals surface area contributed by atoms with Crippen LogP contribution >= 0.6 is 11.3 Å². The smallest absolute Gasteiger partial charge is 0.401 e. The third-order valence-electron chi connectivity index (χ3n) is 7.96. The van der Waals surface area contributed by atoms with Crippen molar-refractivity contribution in [1.82, 2.24) is 19.4 Å². The fraction of sp³-hybridized carbons (Fsp3) is 0.345. The van der Waals surface area contributed by atoms with Gasteiger partial charge in [0.25, 0.3) is 0 Å². The summed E-state index contributed by atoms with van der Waals surface area (Å²) in [6, 6.07) is 12.2. The van der Waals surface area contributed by atoms with E-state index in [1.54, 1.807) is 42.5 Å². The van der Waals surface area contributed by atoms with Crippen LogP contribution in [0.15, 0.2) is 59.3 Å². The number of fused-ring (bicyclic) bond motifs is 3. The van der Waals surface area contributed by atoms with E-state index < -0.39 is 49.5 Å². The Morgan fingerprint density at radius 3 is 2.43 bits per heavy atom. The first-order valence-electron chi connectivity index (χ1n) is 14.2. The quantitative estimate of drug-likeness (QED) is 0.130. The predicted octanol–water partition coefficient (Wildman–Crippen LogP) is 7.34. The molecule has 18 heteroatoms. The average molecular weight is 685 g/mol. The van der Waals surface area contributed by atoms with Gasteiger partial charge in [0, 0.05) is 30.1 Å². The summed E-state index contributed by atoms with van der Waals surface area (Å²) in [6.07, 6.45) is -12.9. The van der Waals surface area contributed by atoms with Crippen molar-refractivity contribution in [2.24, 2.45) is 0 Å². The van der Waals surface area contributed by atoms with E-state index in [2.05, 4.69) is 25.5 Å². The summed E-state index contributed by atoms with van der Waals surface area (Å²) in [6.45, 7) is -0.635. The number of carbonyl (C=O) groups excluding carboxylic acids is 1. The highest BCUT2D eigenvalue weighted by Crippen LogP contribution is 2.59. The molecule has 4 atom stereocenters. The number of hydrogen-bond acceptors (Lipinski definition) is 8. The number of morpholine rings is 1. The van der Waals surface area contributed by atoms with Crippen molar-refractivity contribution in [3.63, 3.8) is 0 Å². The van der Waals surface area contributed by atoms with E-state index in [-0.39, 0.29) is 31.0 Å². The van der Waals surface area contributed by atoms with Gasteiger partial charge in [-0.25, -0.2) is 32.2 Å². The largest absolute Gasteiger partial charge is 0.492 e. The Bertz CT molecular complexity index is 1910. The van der Waals surface area contributed by atoms with Gasteiger partial charge in [-0.05, 0) is 43.2 Å². The SMILES string of the molecule is O=C(Nc1ccc(-c2cn3c(n2)sc2cc(OCCN4C(F)C(F)OC(F)C4F)ccc23)cc1)Nc1cc(C2(C(F)(F)F)CC2)on1. The maximum atomic E-state index is 13.9. The Hall–Kier alpha value is -4.42. The summed E-state index contributed by atoms with van der Waals surface area (Å²) in [5.41, 5.74) is 0.571. The molecule has 5 aromatic rings. The second-order valence-corrected chi connectivity index (χ2v) is 12.0. The van der Waals surface area contributed by atoms with Crippen LogP contribution in [-0.2, 0) is 10.2 Å².